The summed E-state index contributed by atoms with van der Waals surface area (Å²) in [5, 5.41) is 0. The predicted octanol–water partition coefficient (Wildman–Crippen LogP) is 3.87. The van der Waals surface area contributed by atoms with Gasteiger partial charge < -0.3 is 9.15 Å². The fraction of sp³-hybridized carbons (Fsp3) is 0.286. The van der Waals surface area contributed by atoms with Gasteiger partial charge in [0.2, 0.25) is 0 Å². The van der Waals surface area contributed by atoms with Crippen LogP contribution >= 0.6 is 0 Å². The van der Waals surface area contributed by atoms with Crippen LogP contribution in [0.5, 0.6) is 0 Å². The third kappa shape index (κ3) is 2.52. The molecular formula is C14H16O2. The van der Waals surface area contributed by atoms with Crippen molar-refractivity contribution in [3.63, 3.8) is 0 Å². The number of rotatable bonds is 4. The van der Waals surface area contributed by atoms with Crippen molar-refractivity contribution in [2.24, 2.45) is 0 Å². The first-order valence-electron chi connectivity index (χ1n) is 5.47. The second-order valence-electron chi connectivity index (χ2n) is 3.91. The highest BCUT2D eigenvalue weighted by molar-refractivity contribution is 5.17. The lowest BCUT2D eigenvalue weighted by atomic mass is 10.2. The molecule has 0 unspecified atom stereocenters. The quantitative estimate of drug-likeness (QED) is 0.774. The molecule has 0 fully saturated rings. The third-order valence-electron chi connectivity index (χ3n) is 2.61. The summed E-state index contributed by atoms with van der Waals surface area (Å²) in [6.07, 6.45) is 1.70. The van der Waals surface area contributed by atoms with E-state index in [0.717, 1.165) is 11.3 Å². The van der Waals surface area contributed by atoms with Gasteiger partial charge in [0.15, 0.2) is 0 Å². The van der Waals surface area contributed by atoms with Gasteiger partial charge in [0.25, 0.3) is 0 Å². The summed E-state index contributed by atoms with van der Waals surface area (Å²) in [5.74, 6) is 0.913. The molecule has 0 aliphatic carbocycles. The van der Waals surface area contributed by atoms with Crippen LogP contribution in [0.1, 0.15) is 29.9 Å². The number of aryl methyl sites for hydroxylation is 1. The van der Waals surface area contributed by atoms with Crippen LogP contribution in [-0.4, -0.2) is 0 Å². The van der Waals surface area contributed by atoms with Crippen molar-refractivity contribution in [1.29, 1.82) is 0 Å². The smallest absolute Gasteiger partial charge is 0.135 e. The zero-order chi connectivity index (χ0) is 11.4. The maximum absolute atomic E-state index is 5.76. The maximum Gasteiger partial charge on any atom is 0.135 e. The van der Waals surface area contributed by atoms with Crippen LogP contribution in [0.25, 0.3) is 0 Å². The van der Waals surface area contributed by atoms with Crippen molar-refractivity contribution in [3.05, 3.63) is 59.5 Å². The Morgan fingerprint density at radius 2 is 1.94 bits per heavy atom. The molecular weight excluding hydrogens is 200 g/mol. The average Bonchev–Trinajstić information content (AvgIpc) is 2.74. The number of ether oxygens (including phenoxy) is 1. The van der Waals surface area contributed by atoms with E-state index < -0.39 is 0 Å². The zero-order valence-electron chi connectivity index (χ0n) is 9.64. The van der Waals surface area contributed by atoms with Crippen molar-refractivity contribution in [2.45, 2.75) is 26.6 Å². The van der Waals surface area contributed by atoms with E-state index in [1.807, 2.05) is 38.1 Å². The Kier molecular flexibility index (Phi) is 3.42. The molecule has 0 aliphatic rings. The summed E-state index contributed by atoms with van der Waals surface area (Å²) < 4.78 is 11.1. The molecule has 2 aromatic rings. The summed E-state index contributed by atoms with van der Waals surface area (Å²) in [6.45, 7) is 4.65. The van der Waals surface area contributed by atoms with Crippen LogP contribution < -0.4 is 0 Å². The Hall–Kier alpha value is -1.54. The van der Waals surface area contributed by atoms with Gasteiger partial charge in [-0.1, -0.05) is 30.3 Å². The van der Waals surface area contributed by atoms with Crippen LogP contribution in [0.4, 0.5) is 0 Å². The van der Waals surface area contributed by atoms with Crippen LogP contribution in [0.2, 0.25) is 0 Å². The molecule has 1 aromatic carbocycles. The van der Waals surface area contributed by atoms with Gasteiger partial charge >= 0.3 is 0 Å². The molecule has 2 heteroatoms. The van der Waals surface area contributed by atoms with Crippen LogP contribution in [0, 0.1) is 6.92 Å². The first-order chi connectivity index (χ1) is 7.77. The predicted molar refractivity (Wildman–Crippen MR) is 63.1 cm³/mol. The van der Waals surface area contributed by atoms with E-state index in [2.05, 4.69) is 12.1 Å². The summed E-state index contributed by atoms with van der Waals surface area (Å²) in [7, 11) is 0. The molecule has 1 atom stereocenters. The van der Waals surface area contributed by atoms with Gasteiger partial charge in [-0.15, -0.1) is 0 Å². The molecule has 2 nitrogen and oxygen atoms in total. The Morgan fingerprint density at radius 3 is 2.56 bits per heavy atom. The molecule has 1 aromatic heterocycles. The molecule has 16 heavy (non-hydrogen) atoms. The molecule has 0 saturated carbocycles. The number of benzene rings is 1. The molecule has 0 saturated heterocycles. The lowest BCUT2D eigenvalue weighted by Crippen LogP contribution is -2.00. The third-order valence-corrected chi connectivity index (χ3v) is 2.61. The molecule has 0 radical (unpaired) electrons. The molecule has 0 spiro atoms. The van der Waals surface area contributed by atoms with Crippen molar-refractivity contribution >= 4 is 0 Å². The monoisotopic (exact) mass is 216 g/mol. The van der Waals surface area contributed by atoms with Gasteiger partial charge in [-0.25, -0.2) is 0 Å². The Labute approximate surface area is 95.9 Å². The molecule has 0 amide bonds. The SMILES string of the molecule is Cc1ccoc1[C@@H](C)OCc1ccccc1. The lowest BCUT2D eigenvalue weighted by Gasteiger charge is -2.11. The Bertz CT molecular complexity index is 431. The van der Waals surface area contributed by atoms with Crippen molar-refractivity contribution in [3.8, 4) is 0 Å². The summed E-state index contributed by atoms with van der Waals surface area (Å²) in [5.41, 5.74) is 2.32. The van der Waals surface area contributed by atoms with E-state index >= 15 is 0 Å². The number of hydrogen-bond acceptors (Lipinski definition) is 2. The van der Waals surface area contributed by atoms with Gasteiger partial charge in [0.1, 0.15) is 11.9 Å². The van der Waals surface area contributed by atoms with Crippen LogP contribution in [0.15, 0.2) is 47.1 Å². The van der Waals surface area contributed by atoms with E-state index in [-0.39, 0.29) is 6.10 Å². The second-order valence-corrected chi connectivity index (χ2v) is 3.91. The standard InChI is InChI=1S/C14H16O2/c1-11-8-9-15-14(11)12(2)16-10-13-6-4-3-5-7-13/h3-9,12H,10H2,1-2H3/t12-/m1/s1. The first kappa shape index (κ1) is 11.0. The van der Waals surface area contributed by atoms with E-state index in [9.17, 15) is 0 Å². The minimum absolute atomic E-state index is 0.00444. The minimum Gasteiger partial charge on any atom is -0.466 e. The molecule has 1 heterocycles. The van der Waals surface area contributed by atoms with Gasteiger partial charge in [-0.3, -0.25) is 0 Å². The Balaban J connectivity index is 1.94. The maximum atomic E-state index is 5.76. The molecule has 84 valence electrons. The fourth-order valence-electron chi connectivity index (χ4n) is 1.67. The second kappa shape index (κ2) is 4.99. The van der Waals surface area contributed by atoms with E-state index in [4.69, 9.17) is 9.15 Å². The van der Waals surface area contributed by atoms with E-state index in [0.29, 0.717) is 6.61 Å². The first-order valence-corrected chi connectivity index (χ1v) is 5.47. The number of hydrogen-bond donors (Lipinski definition) is 0. The summed E-state index contributed by atoms with van der Waals surface area (Å²) in [4.78, 5) is 0. The molecule has 0 aliphatic heterocycles. The van der Waals surface area contributed by atoms with Gasteiger partial charge in [0, 0.05) is 0 Å². The molecule has 0 N–H and O–H groups in total. The highest BCUT2D eigenvalue weighted by atomic mass is 16.5. The van der Waals surface area contributed by atoms with Crippen LogP contribution in [-0.2, 0) is 11.3 Å². The van der Waals surface area contributed by atoms with Gasteiger partial charge in [-0.05, 0) is 31.0 Å². The lowest BCUT2D eigenvalue weighted by molar-refractivity contribution is 0.0376. The molecule has 0 bridgehead atoms. The van der Waals surface area contributed by atoms with Gasteiger partial charge in [0.05, 0.1) is 12.9 Å². The number of furan rings is 1. The fourth-order valence-corrected chi connectivity index (χ4v) is 1.67. The zero-order valence-corrected chi connectivity index (χ0v) is 9.64. The highest BCUT2D eigenvalue weighted by Gasteiger charge is 2.11. The van der Waals surface area contributed by atoms with Crippen molar-refractivity contribution in [2.75, 3.05) is 0 Å². The normalized spacial score (nSPS) is 12.6. The largest absolute Gasteiger partial charge is 0.466 e. The van der Waals surface area contributed by atoms with Crippen molar-refractivity contribution in [1.82, 2.24) is 0 Å². The van der Waals surface area contributed by atoms with Crippen LogP contribution in [0.3, 0.4) is 0 Å². The summed E-state index contributed by atoms with van der Waals surface area (Å²) in [6, 6.07) is 12.1. The highest BCUT2D eigenvalue weighted by Crippen LogP contribution is 2.22. The Morgan fingerprint density at radius 1 is 1.19 bits per heavy atom. The van der Waals surface area contributed by atoms with E-state index in [1.165, 1.54) is 5.56 Å². The van der Waals surface area contributed by atoms with E-state index in [1.54, 1.807) is 6.26 Å². The average molecular weight is 216 g/mol. The topological polar surface area (TPSA) is 22.4 Å². The molecule has 2 rings (SSSR count). The summed E-state index contributed by atoms with van der Waals surface area (Å²) >= 11 is 0. The van der Waals surface area contributed by atoms with Gasteiger partial charge in [-0.2, -0.15) is 0 Å². The minimum atomic E-state index is -0.00444. The van der Waals surface area contributed by atoms with Crippen molar-refractivity contribution < 1.29 is 9.15 Å².